The number of carbonyl (C=O) groups excluding carboxylic acids is 1. The lowest BCUT2D eigenvalue weighted by Crippen LogP contribution is -2.14. The summed E-state index contributed by atoms with van der Waals surface area (Å²) in [6.45, 7) is -1.58. The third kappa shape index (κ3) is 4.58. The molecule has 0 bridgehead atoms. The van der Waals surface area contributed by atoms with Gasteiger partial charge in [-0.1, -0.05) is 35.6 Å². The van der Waals surface area contributed by atoms with Crippen LogP contribution in [0.4, 0.5) is 19.6 Å². The topological polar surface area (TPSA) is 93.8 Å². The summed E-state index contributed by atoms with van der Waals surface area (Å²) >= 11 is 7.17. The quantitative estimate of drug-likeness (QED) is 0.352. The number of aromatic nitrogens is 3. The summed E-state index contributed by atoms with van der Waals surface area (Å²) < 4.78 is 26.3. The summed E-state index contributed by atoms with van der Waals surface area (Å²) in [6.07, 6.45) is 1.54. The maximum Gasteiger partial charge on any atom is 0.256 e. The fourth-order valence-electron chi connectivity index (χ4n) is 3.14. The Hall–Kier alpha value is -3.43. The molecule has 32 heavy (non-hydrogen) atoms. The number of hydrogen-bond donors (Lipinski definition) is 2. The Bertz CT molecular complexity index is 1300. The molecule has 4 aromatic rings. The van der Waals surface area contributed by atoms with Crippen LogP contribution in [-0.2, 0) is 13.3 Å². The third-order valence-corrected chi connectivity index (χ3v) is 5.70. The number of thiazole rings is 1. The van der Waals surface area contributed by atoms with Crippen molar-refractivity contribution in [3.63, 3.8) is 0 Å². The first kappa shape index (κ1) is 21.8. The van der Waals surface area contributed by atoms with Crippen LogP contribution in [-0.4, -0.2) is 20.9 Å². The number of benzene rings is 2. The molecule has 0 aliphatic heterocycles. The van der Waals surface area contributed by atoms with E-state index in [0.717, 1.165) is 0 Å². The average molecular weight is 472 g/mol. The predicted molar refractivity (Wildman–Crippen MR) is 122 cm³/mol. The Morgan fingerprint density at radius 1 is 1.09 bits per heavy atom. The Morgan fingerprint density at radius 3 is 2.69 bits per heavy atom. The fraction of sp³-hybridized carbons (Fsp3) is 0.0909. The van der Waals surface area contributed by atoms with E-state index < -0.39 is 19.3 Å². The highest BCUT2D eigenvalue weighted by Gasteiger charge is 2.17. The molecule has 10 heteroatoms. The number of alkyl halides is 2. The van der Waals surface area contributed by atoms with Crippen LogP contribution in [0.2, 0.25) is 5.28 Å². The fourth-order valence-corrected chi connectivity index (χ4v) is 4.12. The molecule has 162 valence electrons. The van der Waals surface area contributed by atoms with E-state index in [1.54, 1.807) is 24.3 Å². The highest BCUT2D eigenvalue weighted by atomic mass is 35.5. The molecule has 0 fully saturated rings. The first-order valence-electron chi connectivity index (χ1n) is 9.39. The summed E-state index contributed by atoms with van der Waals surface area (Å²) in [6, 6.07) is 12.9. The van der Waals surface area contributed by atoms with Crippen molar-refractivity contribution >= 4 is 39.7 Å². The summed E-state index contributed by atoms with van der Waals surface area (Å²) in [7, 11) is 0. The summed E-state index contributed by atoms with van der Waals surface area (Å²) in [5.74, 6) is -0.536. The number of nitrogen functional groups attached to an aromatic ring is 1. The zero-order chi connectivity index (χ0) is 22.7. The van der Waals surface area contributed by atoms with Gasteiger partial charge >= 0.3 is 0 Å². The molecule has 2 heterocycles. The molecule has 0 spiro atoms. The van der Waals surface area contributed by atoms with Crippen LogP contribution in [0, 0.1) is 0 Å². The predicted octanol–water partition coefficient (Wildman–Crippen LogP) is 5.69. The monoisotopic (exact) mass is 471 g/mol. The van der Waals surface area contributed by atoms with Crippen LogP contribution >= 0.6 is 22.9 Å². The molecule has 0 atom stereocenters. The third-order valence-electron chi connectivity index (χ3n) is 4.61. The highest BCUT2D eigenvalue weighted by Crippen LogP contribution is 2.38. The van der Waals surface area contributed by atoms with Crippen molar-refractivity contribution in [1.82, 2.24) is 15.0 Å². The molecule has 4 rings (SSSR count). The summed E-state index contributed by atoms with van der Waals surface area (Å²) in [5.41, 5.74) is 8.80. The van der Waals surface area contributed by atoms with Crippen molar-refractivity contribution in [2.24, 2.45) is 0 Å². The maximum absolute atomic E-state index is 13.3. The second-order valence-corrected chi connectivity index (χ2v) is 8.10. The largest absolute Gasteiger partial charge is 0.375 e. The molecule has 0 saturated heterocycles. The van der Waals surface area contributed by atoms with Crippen molar-refractivity contribution in [2.45, 2.75) is 13.3 Å². The van der Waals surface area contributed by atoms with Crippen LogP contribution in [0.1, 0.15) is 21.5 Å². The lowest BCUT2D eigenvalue weighted by Gasteiger charge is -2.11. The number of amides is 1. The molecule has 0 unspecified atom stereocenters. The molecule has 0 radical (unpaired) electrons. The van der Waals surface area contributed by atoms with Crippen LogP contribution in [0.25, 0.3) is 21.8 Å². The van der Waals surface area contributed by atoms with Crippen LogP contribution in [0.15, 0.2) is 54.7 Å². The van der Waals surface area contributed by atoms with Gasteiger partial charge in [0, 0.05) is 23.0 Å². The second kappa shape index (κ2) is 9.37. The molecule has 6 nitrogen and oxygen atoms in total. The summed E-state index contributed by atoms with van der Waals surface area (Å²) in [4.78, 5) is 26.0. The Morgan fingerprint density at radius 2 is 1.94 bits per heavy atom. The minimum absolute atomic E-state index is 0.0854. The molecular weight excluding hydrogens is 456 g/mol. The van der Waals surface area contributed by atoms with Gasteiger partial charge in [0.2, 0.25) is 5.28 Å². The number of nitrogens with two attached hydrogens (primary N) is 1. The van der Waals surface area contributed by atoms with Gasteiger partial charge in [0.15, 0.2) is 5.13 Å². The highest BCUT2D eigenvalue weighted by molar-refractivity contribution is 7.19. The zero-order valence-corrected chi connectivity index (χ0v) is 18.1. The minimum Gasteiger partial charge on any atom is -0.375 e. The molecule has 2 aromatic heterocycles. The smallest absolute Gasteiger partial charge is 0.256 e. The first-order chi connectivity index (χ1) is 15.5. The molecule has 2 aromatic carbocycles. The van der Waals surface area contributed by atoms with Gasteiger partial charge < -0.3 is 11.1 Å². The van der Waals surface area contributed by atoms with Gasteiger partial charge in [-0.15, -0.1) is 0 Å². The maximum atomic E-state index is 13.3. The number of hydrogen-bond acceptors (Lipinski definition) is 6. The van der Waals surface area contributed by atoms with E-state index in [0.29, 0.717) is 38.2 Å². The van der Waals surface area contributed by atoms with E-state index in [1.165, 1.54) is 35.7 Å². The van der Waals surface area contributed by atoms with Gasteiger partial charge in [-0.25, -0.2) is 23.7 Å². The molecule has 0 saturated carbocycles. The molecule has 0 aliphatic carbocycles. The lowest BCUT2D eigenvalue weighted by molar-refractivity contribution is 0.102. The standard InChI is InChI=1S/C22H16ClF2N5OS/c23-21-27-7-6-17(29-21)19-18(30-22(26)32-19)13-2-1-3-15(9-13)28-20(31)16-8-12(10-24)4-5-14(16)11-25/h1-9H,10-11H2,(H2,26,30)(H,28,31). The average Bonchev–Trinajstić information content (AvgIpc) is 3.20. The Labute approximate surface area is 191 Å². The number of halogens is 3. The van der Waals surface area contributed by atoms with Crippen LogP contribution < -0.4 is 11.1 Å². The number of anilines is 2. The van der Waals surface area contributed by atoms with E-state index in [1.807, 2.05) is 6.07 Å². The van der Waals surface area contributed by atoms with Gasteiger partial charge in [0.1, 0.15) is 13.3 Å². The van der Waals surface area contributed by atoms with E-state index in [-0.39, 0.29) is 16.4 Å². The van der Waals surface area contributed by atoms with Crippen molar-refractivity contribution in [1.29, 1.82) is 0 Å². The van der Waals surface area contributed by atoms with E-state index >= 15 is 0 Å². The molecular formula is C22H16ClF2N5OS. The van der Waals surface area contributed by atoms with Crippen LogP contribution in [0.5, 0.6) is 0 Å². The van der Waals surface area contributed by atoms with Gasteiger partial charge in [-0.05, 0) is 47.0 Å². The van der Waals surface area contributed by atoms with Gasteiger partial charge in [0.05, 0.1) is 16.3 Å². The van der Waals surface area contributed by atoms with Crippen LogP contribution in [0.3, 0.4) is 0 Å². The number of carbonyl (C=O) groups is 1. The van der Waals surface area contributed by atoms with Gasteiger partial charge in [-0.2, -0.15) is 0 Å². The minimum atomic E-state index is -0.835. The van der Waals surface area contributed by atoms with Gasteiger partial charge in [0.25, 0.3) is 5.91 Å². The lowest BCUT2D eigenvalue weighted by atomic mass is 10.0. The second-order valence-electron chi connectivity index (χ2n) is 6.73. The number of rotatable bonds is 6. The number of nitrogens with one attached hydrogen (secondary N) is 1. The van der Waals surface area contributed by atoms with Gasteiger partial charge in [-0.3, -0.25) is 4.79 Å². The summed E-state index contributed by atoms with van der Waals surface area (Å²) in [5, 5.41) is 3.18. The normalized spacial score (nSPS) is 10.8. The van der Waals surface area contributed by atoms with E-state index in [4.69, 9.17) is 17.3 Å². The van der Waals surface area contributed by atoms with Crippen molar-refractivity contribution in [3.8, 4) is 21.8 Å². The van der Waals surface area contributed by atoms with Crippen molar-refractivity contribution < 1.29 is 13.6 Å². The number of nitrogens with zero attached hydrogens (tertiary/aromatic N) is 3. The zero-order valence-electron chi connectivity index (χ0n) is 16.5. The SMILES string of the molecule is Nc1nc(-c2cccc(NC(=O)c3cc(CF)ccc3CF)c2)c(-c2ccnc(Cl)n2)s1. The molecule has 0 aliphatic rings. The van der Waals surface area contributed by atoms with Crippen molar-refractivity contribution in [2.75, 3.05) is 11.1 Å². The Kier molecular flexibility index (Phi) is 6.38. The Balaban J connectivity index is 1.67. The molecule has 1 amide bonds. The van der Waals surface area contributed by atoms with E-state index in [2.05, 4.69) is 20.3 Å². The van der Waals surface area contributed by atoms with Crippen molar-refractivity contribution in [3.05, 3.63) is 76.7 Å². The van der Waals surface area contributed by atoms with E-state index in [9.17, 15) is 13.6 Å². The molecule has 3 N–H and O–H groups in total. The first-order valence-corrected chi connectivity index (χ1v) is 10.6.